The summed E-state index contributed by atoms with van der Waals surface area (Å²) in [5, 5.41) is 0. The van der Waals surface area contributed by atoms with Gasteiger partial charge in [0, 0.05) is 6.04 Å². The summed E-state index contributed by atoms with van der Waals surface area (Å²) in [7, 11) is -3.62. The maximum absolute atomic E-state index is 13.3. The van der Waals surface area contributed by atoms with Crippen LogP contribution < -0.4 is 4.72 Å². The number of benzene rings is 2. The predicted molar refractivity (Wildman–Crippen MR) is 80.9 cm³/mol. The summed E-state index contributed by atoms with van der Waals surface area (Å²) in [4.78, 5) is 0.211. The molecule has 0 fully saturated rings. The van der Waals surface area contributed by atoms with Gasteiger partial charge in [0.25, 0.3) is 0 Å². The van der Waals surface area contributed by atoms with E-state index < -0.39 is 16.1 Å². The maximum atomic E-state index is 13.3. The molecular formula is C16H18FNO2S. The van der Waals surface area contributed by atoms with Crippen molar-refractivity contribution in [1.82, 2.24) is 4.72 Å². The zero-order chi connectivity index (χ0) is 15.5. The van der Waals surface area contributed by atoms with Crippen LogP contribution in [0.15, 0.2) is 53.4 Å². The summed E-state index contributed by atoms with van der Waals surface area (Å²) in [6.45, 7) is 3.75. The first-order valence-electron chi connectivity index (χ1n) is 6.77. The predicted octanol–water partition coefficient (Wildman–Crippen LogP) is 3.56. The third kappa shape index (κ3) is 3.89. The van der Waals surface area contributed by atoms with Crippen LogP contribution in [0.4, 0.5) is 4.39 Å². The zero-order valence-corrected chi connectivity index (χ0v) is 12.8. The molecule has 0 bridgehead atoms. The van der Waals surface area contributed by atoms with Gasteiger partial charge >= 0.3 is 0 Å². The summed E-state index contributed by atoms with van der Waals surface area (Å²) < 4.78 is 40.6. The molecule has 2 aromatic carbocycles. The first kappa shape index (κ1) is 15.7. The fourth-order valence-corrected chi connectivity index (χ4v) is 3.39. The third-order valence-electron chi connectivity index (χ3n) is 3.29. The molecule has 0 spiro atoms. The molecule has 112 valence electrons. The van der Waals surface area contributed by atoms with Crippen molar-refractivity contribution in [3.63, 3.8) is 0 Å². The second-order valence-electron chi connectivity index (χ2n) is 4.95. The van der Waals surface area contributed by atoms with Crippen molar-refractivity contribution in [2.45, 2.75) is 31.2 Å². The van der Waals surface area contributed by atoms with E-state index in [4.69, 9.17) is 0 Å². The normalized spacial score (nSPS) is 13.1. The summed E-state index contributed by atoms with van der Waals surface area (Å²) in [6, 6.07) is 12.2. The quantitative estimate of drug-likeness (QED) is 0.918. The van der Waals surface area contributed by atoms with E-state index in [1.165, 1.54) is 12.1 Å². The molecule has 1 unspecified atom stereocenters. The maximum Gasteiger partial charge on any atom is 0.241 e. The van der Waals surface area contributed by atoms with Crippen LogP contribution in [0.2, 0.25) is 0 Å². The summed E-state index contributed by atoms with van der Waals surface area (Å²) in [5.41, 5.74) is 1.61. The van der Waals surface area contributed by atoms with Crippen molar-refractivity contribution in [3.8, 4) is 0 Å². The van der Waals surface area contributed by atoms with E-state index in [1.807, 2.05) is 13.8 Å². The van der Waals surface area contributed by atoms with E-state index in [9.17, 15) is 12.8 Å². The molecule has 0 radical (unpaired) electrons. The van der Waals surface area contributed by atoms with Gasteiger partial charge in [0.1, 0.15) is 5.82 Å². The Morgan fingerprint density at radius 3 is 2.38 bits per heavy atom. The second kappa shape index (κ2) is 6.37. The highest BCUT2D eigenvalue weighted by atomic mass is 32.2. The first-order valence-corrected chi connectivity index (χ1v) is 8.25. The van der Waals surface area contributed by atoms with Crippen molar-refractivity contribution < 1.29 is 12.8 Å². The highest BCUT2D eigenvalue weighted by Crippen LogP contribution is 2.21. The lowest BCUT2D eigenvalue weighted by Gasteiger charge is -2.17. The molecule has 21 heavy (non-hydrogen) atoms. The molecule has 5 heteroatoms. The van der Waals surface area contributed by atoms with Gasteiger partial charge in [0.05, 0.1) is 4.90 Å². The molecule has 1 atom stereocenters. The minimum Gasteiger partial charge on any atom is -0.207 e. The first-order chi connectivity index (χ1) is 9.92. The molecule has 1 N–H and O–H groups in total. The van der Waals surface area contributed by atoms with Crippen LogP contribution in [-0.4, -0.2) is 8.42 Å². The van der Waals surface area contributed by atoms with Gasteiger partial charge in [-0.2, -0.15) is 0 Å². The lowest BCUT2D eigenvalue weighted by Crippen LogP contribution is -2.28. The van der Waals surface area contributed by atoms with E-state index in [0.717, 1.165) is 5.56 Å². The number of sulfonamides is 1. The van der Waals surface area contributed by atoms with Crippen molar-refractivity contribution in [1.29, 1.82) is 0 Å². The summed E-state index contributed by atoms with van der Waals surface area (Å²) in [6.07, 6.45) is 0.536. The molecule has 0 aliphatic carbocycles. The molecule has 0 aromatic heterocycles. The Hall–Kier alpha value is -1.72. The van der Waals surface area contributed by atoms with E-state index in [1.54, 1.807) is 36.4 Å². The zero-order valence-electron chi connectivity index (χ0n) is 12.0. The standard InChI is InChI=1S/C16H18FNO2S/c1-3-16(13-5-4-6-14(17)11-13)18-21(19,20)15-9-7-12(2)8-10-15/h4-11,16,18H,3H2,1-2H3. The molecule has 2 rings (SSSR count). The Kier molecular flexibility index (Phi) is 4.75. The Labute approximate surface area is 124 Å². The number of hydrogen-bond acceptors (Lipinski definition) is 2. The van der Waals surface area contributed by atoms with Crippen molar-refractivity contribution >= 4 is 10.0 Å². The fraction of sp³-hybridized carbons (Fsp3) is 0.250. The molecule has 0 amide bonds. The highest BCUT2D eigenvalue weighted by Gasteiger charge is 2.20. The Morgan fingerprint density at radius 1 is 1.14 bits per heavy atom. The van der Waals surface area contributed by atoms with Crippen LogP contribution in [0.25, 0.3) is 0 Å². The van der Waals surface area contributed by atoms with E-state index >= 15 is 0 Å². The highest BCUT2D eigenvalue weighted by molar-refractivity contribution is 7.89. The van der Waals surface area contributed by atoms with Crippen LogP contribution in [0, 0.1) is 12.7 Å². The minimum atomic E-state index is -3.62. The smallest absolute Gasteiger partial charge is 0.207 e. The van der Waals surface area contributed by atoms with E-state index in [-0.39, 0.29) is 10.7 Å². The lowest BCUT2D eigenvalue weighted by molar-refractivity contribution is 0.547. The average molecular weight is 307 g/mol. The molecule has 0 aliphatic rings. The Morgan fingerprint density at radius 2 is 1.81 bits per heavy atom. The second-order valence-corrected chi connectivity index (χ2v) is 6.66. The summed E-state index contributed by atoms with van der Waals surface area (Å²) >= 11 is 0. The van der Waals surface area contributed by atoms with Crippen LogP contribution in [0.5, 0.6) is 0 Å². The Bertz CT molecular complexity index is 711. The Balaban J connectivity index is 2.27. The monoisotopic (exact) mass is 307 g/mol. The lowest BCUT2D eigenvalue weighted by atomic mass is 10.1. The molecule has 2 aromatic rings. The van der Waals surface area contributed by atoms with Gasteiger partial charge in [-0.15, -0.1) is 0 Å². The SMILES string of the molecule is CCC(NS(=O)(=O)c1ccc(C)cc1)c1cccc(F)c1. The number of rotatable bonds is 5. The minimum absolute atomic E-state index is 0.211. The van der Waals surface area contributed by atoms with Crippen molar-refractivity contribution in [2.75, 3.05) is 0 Å². The van der Waals surface area contributed by atoms with Crippen molar-refractivity contribution in [2.24, 2.45) is 0 Å². The molecule has 3 nitrogen and oxygen atoms in total. The van der Waals surface area contributed by atoms with Gasteiger partial charge in [-0.3, -0.25) is 0 Å². The van der Waals surface area contributed by atoms with E-state index in [2.05, 4.69) is 4.72 Å². The van der Waals surface area contributed by atoms with Gasteiger partial charge in [-0.25, -0.2) is 17.5 Å². The molecule has 0 saturated heterocycles. The fourth-order valence-electron chi connectivity index (χ4n) is 2.08. The third-order valence-corrected chi connectivity index (χ3v) is 4.78. The van der Waals surface area contributed by atoms with Crippen LogP contribution in [-0.2, 0) is 10.0 Å². The van der Waals surface area contributed by atoms with Crippen LogP contribution in [0.1, 0.15) is 30.5 Å². The van der Waals surface area contributed by atoms with Crippen LogP contribution in [0.3, 0.4) is 0 Å². The average Bonchev–Trinajstić information content (AvgIpc) is 2.45. The van der Waals surface area contributed by atoms with Gasteiger partial charge in [0.15, 0.2) is 0 Å². The summed E-state index contributed by atoms with van der Waals surface area (Å²) in [5.74, 6) is -0.375. The van der Waals surface area contributed by atoms with E-state index in [0.29, 0.717) is 12.0 Å². The topological polar surface area (TPSA) is 46.2 Å². The number of hydrogen-bond donors (Lipinski definition) is 1. The molecule has 0 heterocycles. The molecule has 0 saturated carbocycles. The number of halogens is 1. The number of aryl methyl sites for hydroxylation is 1. The largest absolute Gasteiger partial charge is 0.241 e. The number of nitrogens with one attached hydrogen (secondary N) is 1. The molecular weight excluding hydrogens is 289 g/mol. The van der Waals surface area contributed by atoms with Gasteiger partial charge in [-0.1, -0.05) is 36.8 Å². The van der Waals surface area contributed by atoms with Gasteiger partial charge < -0.3 is 0 Å². The van der Waals surface area contributed by atoms with Crippen molar-refractivity contribution in [3.05, 3.63) is 65.5 Å². The van der Waals surface area contributed by atoms with Gasteiger partial charge in [-0.05, 0) is 43.2 Å². The van der Waals surface area contributed by atoms with Gasteiger partial charge in [0.2, 0.25) is 10.0 Å². The molecule has 0 aliphatic heterocycles. The van der Waals surface area contributed by atoms with Crippen LogP contribution >= 0.6 is 0 Å².